The van der Waals surface area contributed by atoms with E-state index in [9.17, 15) is 0 Å². The predicted molar refractivity (Wildman–Crippen MR) is 56.9 cm³/mol. The Morgan fingerprint density at radius 1 is 0.846 bits per heavy atom. The summed E-state index contributed by atoms with van der Waals surface area (Å²) in [5.41, 5.74) is 4.39. The summed E-state index contributed by atoms with van der Waals surface area (Å²) in [5.74, 6) is 0. The predicted octanol–water partition coefficient (Wildman–Crippen LogP) is 2.39. The van der Waals surface area contributed by atoms with Crippen LogP contribution in [-0.4, -0.2) is 6.34 Å². The van der Waals surface area contributed by atoms with Crippen LogP contribution in [0.15, 0.2) is 48.5 Å². The van der Waals surface area contributed by atoms with Crippen molar-refractivity contribution in [3.63, 3.8) is 0 Å². The van der Waals surface area contributed by atoms with Crippen LogP contribution >= 0.6 is 0 Å². The van der Waals surface area contributed by atoms with E-state index in [1.165, 1.54) is 10.8 Å². The van der Waals surface area contributed by atoms with Crippen molar-refractivity contribution in [3.8, 4) is 0 Å². The van der Waals surface area contributed by atoms with E-state index < -0.39 is 0 Å². The number of fused-ring (bicyclic) bond motifs is 1. The van der Waals surface area contributed by atoms with Gasteiger partial charge in [0.1, 0.15) is 0 Å². The zero-order valence-electron chi connectivity index (χ0n) is 7.27. The van der Waals surface area contributed by atoms with Crippen LogP contribution in [0.3, 0.4) is 0 Å². The van der Waals surface area contributed by atoms with E-state index >= 15 is 0 Å². The van der Waals surface area contributed by atoms with Crippen molar-refractivity contribution in [2.24, 2.45) is 5.73 Å². The van der Waals surface area contributed by atoms with Crippen molar-refractivity contribution in [2.45, 2.75) is 0 Å². The van der Waals surface area contributed by atoms with Crippen LogP contribution < -0.4 is 5.73 Å². The molecule has 0 fully saturated rings. The summed E-state index contributed by atoms with van der Waals surface area (Å²) < 4.78 is 0. The smallest absolute Gasteiger partial charge is 0.0765 e. The molecule has 2 heteroatoms. The molecule has 0 aliphatic heterocycles. The molecule has 0 saturated heterocycles. The second-order valence-corrected chi connectivity index (χ2v) is 2.51. The minimum Gasteiger partial charge on any atom is -0.390 e. The molecule has 0 amide bonds. The Morgan fingerprint density at radius 3 is 1.31 bits per heavy atom. The number of nitrogens with one attached hydrogen (secondary N) is 1. The first-order chi connectivity index (χ1) is 6.38. The van der Waals surface area contributed by atoms with Crippen LogP contribution in [0.1, 0.15) is 0 Å². The van der Waals surface area contributed by atoms with E-state index in [0.717, 1.165) is 6.34 Å². The lowest BCUT2D eigenvalue weighted by atomic mass is 10.1. The summed E-state index contributed by atoms with van der Waals surface area (Å²) in [6.45, 7) is 0. The van der Waals surface area contributed by atoms with Gasteiger partial charge in [0.15, 0.2) is 0 Å². The quantitative estimate of drug-likeness (QED) is 0.465. The van der Waals surface area contributed by atoms with Crippen LogP contribution in [0.2, 0.25) is 0 Å². The molecule has 0 aliphatic carbocycles. The maximum absolute atomic E-state index is 5.86. The molecule has 2 aromatic carbocycles. The summed E-state index contributed by atoms with van der Waals surface area (Å²) >= 11 is 0. The molecule has 0 spiro atoms. The summed E-state index contributed by atoms with van der Waals surface area (Å²) in [5, 5.41) is 8.48. The highest BCUT2D eigenvalue weighted by molar-refractivity contribution is 5.81. The summed E-state index contributed by atoms with van der Waals surface area (Å²) in [7, 11) is 0. The second-order valence-electron chi connectivity index (χ2n) is 2.51. The Labute approximate surface area is 77.5 Å². The van der Waals surface area contributed by atoms with Gasteiger partial charge in [-0.15, -0.1) is 0 Å². The molecule has 3 N–H and O–H groups in total. The third-order valence-electron chi connectivity index (χ3n) is 1.66. The SMILES string of the molecule is N=CN.c1ccc2ccccc2c1. The molecular formula is C11H12N2. The average Bonchev–Trinajstić information content (AvgIpc) is 2.19. The fourth-order valence-corrected chi connectivity index (χ4v) is 1.13. The monoisotopic (exact) mass is 172 g/mol. The zero-order chi connectivity index (χ0) is 9.52. The first kappa shape index (κ1) is 9.26. The second kappa shape index (κ2) is 4.93. The average molecular weight is 172 g/mol. The van der Waals surface area contributed by atoms with Gasteiger partial charge >= 0.3 is 0 Å². The maximum Gasteiger partial charge on any atom is 0.0765 e. The molecule has 0 bridgehead atoms. The highest BCUT2D eigenvalue weighted by atomic mass is 14.6. The topological polar surface area (TPSA) is 49.9 Å². The summed E-state index contributed by atoms with van der Waals surface area (Å²) in [6, 6.07) is 16.7. The summed E-state index contributed by atoms with van der Waals surface area (Å²) in [4.78, 5) is 0. The fraction of sp³-hybridized carbons (Fsp3) is 0. The minimum atomic E-state index is 0.750. The molecule has 2 rings (SSSR count). The molecule has 0 radical (unpaired) electrons. The molecule has 13 heavy (non-hydrogen) atoms. The van der Waals surface area contributed by atoms with Gasteiger partial charge in [0.25, 0.3) is 0 Å². The highest BCUT2D eigenvalue weighted by Crippen LogP contribution is 2.11. The van der Waals surface area contributed by atoms with Crippen molar-refractivity contribution in [2.75, 3.05) is 0 Å². The first-order valence-electron chi connectivity index (χ1n) is 4.03. The van der Waals surface area contributed by atoms with Gasteiger partial charge in [-0.25, -0.2) is 0 Å². The number of rotatable bonds is 0. The zero-order valence-corrected chi connectivity index (χ0v) is 7.27. The number of hydrogen-bond acceptors (Lipinski definition) is 1. The summed E-state index contributed by atoms with van der Waals surface area (Å²) in [6.07, 6.45) is 0.750. The molecule has 0 saturated carbocycles. The van der Waals surface area contributed by atoms with Crippen LogP contribution in [0.25, 0.3) is 10.8 Å². The van der Waals surface area contributed by atoms with E-state index in [1.54, 1.807) is 0 Å². The third-order valence-corrected chi connectivity index (χ3v) is 1.66. The molecule has 0 unspecified atom stereocenters. The number of hydrogen-bond donors (Lipinski definition) is 2. The Hall–Kier alpha value is -1.83. The normalized spacial score (nSPS) is 8.62. The first-order valence-corrected chi connectivity index (χ1v) is 4.03. The Morgan fingerprint density at radius 2 is 1.08 bits per heavy atom. The molecule has 2 aromatic rings. The van der Waals surface area contributed by atoms with Gasteiger partial charge in [-0.2, -0.15) is 0 Å². The Balaban J connectivity index is 0.000000251. The largest absolute Gasteiger partial charge is 0.390 e. The Kier molecular flexibility index (Phi) is 3.51. The van der Waals surface area contributed by atoms with E-state index in [4.69, 9.17) is 5.41 Å². The molecule has 0 heterocycles. The molecule has 2 nitrogen and oxygen atoms in total. The van der Waals surface area contributed by atoms with Crippen molar-refractivity contribution in [1.82, 2.24) is 0 Å². The highest BCUT2D eigenvalue weighted by Gasteiger charge is 1.85. The van der Waals surface area contributed by atoms with Gasteiger partial charge in [-0.3, -0.25) is 5.41 Å². The van der Waals surface area contributed by atoms with Crippen LogP contribution in [-0.2, 0) is 0 Å². The van der Waals surface area contributed by atoms with Gasteiger partial charge in [0.2, 0.25) is 0 Å². The van der Waals surface area contributed by atoms with E-state index in [0.29, 0.717) is 0 Å². The minimum absolute atomic E-state index is 0.750. The molecule has 0 atom stereocenters. The fourth-order valence-electron chi connectivity index (χ4n) is 1.13. The van der Waals surface area contributed by atoms with Crippen molar-refractivity contribution in [1.29, 1.82) is 5.41 Å². The van der Waals surface area contributed by atoms with Crippen LogP contribution in [0.5, 0.6) is 0 Å². The third kappa shape index (κ3) is 2.60. The van der Waals surface area contributed by atoms with Crippen LogP contribution in [0, 0.1) is 5.41 Å². The Bertz CT molecular complexity index is 317. The van der Waals surface area contributed by atoms with E-state index in [-0.39, 0.29) is 0 Å². The maximum atomic E-state index is 5.86. The number of nitrogens with two attached hydrogens (primary N) is 1. The van der Waals surface area contributed by atoms with E-state index in [1.807, 2.05) is 0 Å². The van der Waals surface area contributed by atoms with Gasteiger partial charge < -0.3 is 5.73 Å². The lowest BCUT2D eigenvalue weighted by molar-refractivity contribution is 1.52. The van der Waals surface area contributed by atoms with E-state index in [2.05, 4.69) is 54.3 Å². The molecule has 0 aliphatic rings. The van der Waals surface area contributed by atoms with Gasteiger partial charge in [-0.05, 0) is 10.8 Å². The van der Waals surface area contributed by atoms with Crippen molar-refractivity contribution >= 4 is 17.1 Å². The molecular weight excluding hydrogens is 160 g/mol. The van der Waals surface area contributed by atoms with Crippen LogP contribution in [0.4, 0.5) is 0 Å². The van der Waals surface area contributed by atoms with Gasteiger partial charge in [0.05, 0.1) is 6.34 Å². The molecule has 0 aromatic heterocycles. The lowest BCUT2D eigenvalue weighted by Gasteiger charge is -1.92. The lowest BCUT2D eigenvalue weighted by Crippen LogP contribution is -1.81. The van der Waals surface area contributed by atoms with Crippen molar-refractivity contribution in [3.05, 3.63) is 48.5 Å². The number of benzene rings is 2. The van der Waals surface area contributed by atoms with Gasteiger partial charge in [-0.1, -0.05) is 48.5 Å². The van der Waals surface area contributed by atoms with Crippen molar-refractivity contribution < 1.29 is 0 Å². The van der Waals surface area contributed by atoms with Gasteiger partial charge in [0, 0.05) is 0 Å². The molecule has 66 valence electrons. The standard InChI is InChI=1S/C10H8.CH4N2/c1-2-6-10-8-4-3-7-9(10)5-1;2-1-3/h1-8H;1H,(H3,2,3).